The number of hydrogen-bond acceptors (Lipinski definition) is 5. The Balaban J connectivity index is 2.35. The van der Waals surface area contributed by atoms with Gasteiger partial charge in [0.2, 0.25) is 11.8 Å². The van der Waals surface area contributed by atoms with Crippen LogP contribution in [0.25, 0.3) is 0 Å². The third-order valence-electron chi connectivity index (χ3n) is 2.43. The zero-order chi connectivity index (χ0) is 15.7. The van der Waals surface area contributed by atoms with Gasteiger partial charge in [0.25, 0.3) is 0 Å². The lowest BCUT2D eigenvalue weighted by Gasteiger charge is -2.07. The van der Waals surface area contributed by atoms with Gasteiger partial charge in [-0.05, 0) is 31.2 Å². The highest BCUT2D eigenvalue weighted by molar-refractivity contribution is 6.04. The van der Waals surface area contributed by atoms with Gasteiger partial charge < -0.3 is 20.1 Å². The molecule has 0 radical (unpaired) electrons. The van der Waals surface area contributed by atoms with Crippen LogP contribution in [0.2, 0.25) is 0 Å². The third kappa shape index (κ3) is 6.42. The molecule has 0 aliphatic carbocycles. The molecule has 1 aromatic rings. The molecule has 0 bridgehead atoms. The van der Waals surface area contributed by atoms with Gasteiger partial charge in [0.05, 0.1) is 13.7 Å². The van der Waals surface area contributed by atoms with Crippen molar-refractivity contribution in [1.29, 1.82) is 0 Å². The molecule has 1 rings (SSSR count). The van der Waals surface area contributed by atoms with E-state index in [2.05, 4.69) is 15.4 Å². The summed E-state index contributed by atoms with van der Waals surface area (Å²) >= 11 is 0. The van der Waals surface area contributed by atoms with E-state index in [0.717, 1.165) is 0 Å². The van der Waals surface area contributed by atoms with Crippen LogP contribution >= 0.6 is 0 Å². The zero-order valence-corrected chi connectivity index (χ0v) is 12.0. The van der Waals surface area contributed by atoms with E-state index in [1.807, 2.05) is 0 Å². The van der Waals surface area contributed by atoms with Gasteiger partial charge in [-0.3, -0.25) is 14.4 Å². The van der Waals surface area contributed by atoms with Crippen molar-refractivity contribution in [3.05, 3.63) is 24.3 Å². The van der Waals surface area contributed by atoms with Gasteiger partial charge >= 0.3 is 5.97 Å². The second kappa shape index (κ2) is 8.57. The second-order valence-corrected chi connectivity index (χ2v) is 4.04. The molecule has 0 saturated heterocycles. The van der Waals surface area contributed by atoms with Gasteiger partial charge in [0.1, 0.15) is 18.7 Å². The molecule has 0 aromatic heterocycles. The summed E-state index contributed by atoms with van der Waals surface area (Å²) in [4.78, 5) is 34.1. The smallest absolute Gasteiger partial charge is 0.325 e. The lowest BCUT2D eigenvalue weighted by molar-refractivity contribution is -0.143. The van der Waals surface area contributed by atoms with E-state index in [0.29, 0.717) is 11.4 Å². The monoisotopic (exact) mass is 294 g/mol. The van der Waals surface area contributed by atoms with Gasteiger partial charge in [-0.2, -0.15) is 0 Å². The van der Waals surface area contributed by atoms with Crippen LogP contribution in [-0.2, 0) is 19.1 Å². The highest BCUT2D eigenvalue weighted by Gasteiger charge is 2.11. The van der Waals surface area contributed by atoms with Crippen molar-refractivity contribution in [2.75, 3.05) is 25.6 Å². The number of hydrogen-bond donors (Lipinski definition) is 2. The van der Waals surface area contributed by atoms with Crippen LogP contribution in [0, 0.1) is 0 Å². The van der Waals surface area contributed by atoms with Crippen molar-refractivity contribution in [2.45, 2.75) is 13.3 Å². The molecule has 7 nitrogen and oxygen atoms in total. The molecule has 1 aromatic carbocycles. The largest absolute Gasteiger partial charge is 0.497 e. The van der Waals surface area contributed by atoms with Crippen molar-refractivity contribution in [3.63, 3.8) is 0 Å². The van der Waals surface area contributed by atoms with Gasteiger partial charge in [0.15, 0.2) is 0 Å². The first-order valence-corrected chi connectivity index (χ1v) is 6.41. The number of nitrogens with one attached hydrogen (secondary N) is 2. The molecule has 114 valence electrons. The highest BCUT2D eigenvalue weighted by Crippen LogP contribution is 2.14. The first-order valence-electron chi connectivity index (χ1n) is 6.41. The molecule has 0 unspecified atom stereocenters. The SMILES string of the molecule is CCOC(=O)CNC(=O)CC(=O)Nc1ccc(OC)cc1. The van der Waals surface area contributed by atoms with Crippen LogP contribution in [0.1, 0.15) is 13.3 Å². The van der Waals surface area contributed by atoms with E-state index in [4.69, 9.17) is 4.74 Å². The molecule has 2 N–H and O–H groups in total. The Kier molecular flexibility index (Phi) is 6.73. The normalized spacial score (nSPS) is 9.62. The Morgan fingerprint density at radius 3 is 2.33 bits per heavy atom. The minimum atomic E-state index is -0.547. The van der Waals surface area contributed by atoms with Crippen LogP contribution in [-0.4, -0.2) is 38.0 Å². The first-order chi connectivity index (χ1) is 10.0. The zero-order valence-electron chi connectivity index (χ0n) is 12.0. The fourth-order valence-corrected chi connectivity index (χ4v) is 1.47. The summed E-state index contributed by atoms with van der Waals surface area (Å²) in [5.74, 6) is -0.891. The Morgan fingerprint density at radius 2 is 1.76 bits per heavy atom. The van der Waals surface area contributed by atoms with Crippen molar-refractivity contribution >= 4 is 23.5 Å². The summed E-state index contributed by atoms with van der Waals surface area (Å²) in [7, 11) is 1.54. The molecular weight excluding hydrogens is 276 g/mol. The maximum absolute atomic E-state index is 11.6. The predicted molar refractivity (Wildman–Crippen MR) is 75.9 cm³/mol. The number of anilines is 1. The van der Waals surface area contributed by atoms with Crippen molar-refractivity contribution in [2.24, 2.45) is 0 Å². The van der Waals surface area contributed by atoms with Crippen LogP contribution < -0.4 is 15.4 Å². The third-order valence-corrected chi connectivity index (χ3v) is 2.43. The fourth-order valence-electron chi connectivity index (χ4n) is 1.47. The number of carbonyl (C=O) groups excluding carboxylic acids is 3. The van der Waals surface area contributed by atoms with Crippen LogP contribution in [0.15, 0.2) is 24.3 Å². The predicted octanol–water partition coefficient (Wildman–Crippen LogP) is 0.703. The molecule has 0 aliphatic heterocycles. The molecule has 0 spiro atoms. The van der Waals surface area contributed by atoms with Gasteiger partial charge in [-0.1, -0.05) is 0 Å². The maximum atomic E-state index is 11.6. The van der Waals surface area contributed by atoms with Crippen molar-refractivity contribution in [1.82, 2.24) is 5.32 Å². The summed E-state index contributed by atoms with van der Waals surface area (Å²) in [5.41, 5.74) is 0.555. The number of benzene rings is 1. The molecule has 2 amide bonds. The van der Waals surface area contributed by atoms with E-state index in [-0.39, 0.29) is 19.6 Å². The topological polar surface area (TPSA) is 93.7 Å². The summed E-state index contributed by atoms with van der Waals surface area (Å²) in [5, 5.41) is 4.87. The maximum Gasteiger partial charge on any atom is 0.325 e. The summed E-state index contributed by atoms with van der Waals surface area (Å²) in [6.45, 7) is 1.66. The molecule has 0 atom stereocenters. The lowest BCUT2D eigenvalue weighted by atomic mass is 10.3. The summed E-state index contributed by atoms with van der Waals surface area (Å²) in [6, 6.07) is 6.70. The van der Waals surface area contributed by atoms with Gasteiger partial charge in [-0.25, -0.2) is 0 Å². The fraction of sp³-hybridized carbons (Fsp3) is 0.357. The number of methoxy groups -OCH3 is 1. The number of ether oxygens (including phenoxy) is 2. The first kappa shape index (κ1) is 16.5. The number of rotatable bonds is 7. The van der Waals surface area contributed by atoms with Crippen molar-refractivity contribution in [3.8, 4) is 5.75 Å². The molecule has 0 aliphatic rings. The Bertz CT molecular complexity index is 499. The van der Waals surface area contributed by atoms with E-state index < -0.39 is 17.8 Å². The van der Waals surface area contributed by atoms with E-state index in [9.17, 15) is 14.4 Å². The van der Waals surface area contributed by atoms with E-state index in [1.165, 1.54) is 0 Å². The summed E-state index contributed by atoms with van der Waals surface area (Å²) < 4.78 is 9.64. The highest BCUT2D eigenvalue weighted by atomic mass is 16.5. The van der Waals surface area contributed by atoms with Crippen LogP contribution in [0.4, 0.5) is 5.69 Å². The standard InChI is InChI=1S/C14H18N2O5/c1-3-21-14(19)9-15-12(17)8-13(18)16-10-4-6-11(20-2)7-5-10/h4-7H,3,8-9H2,1-2H3,(H,15,17)(H,16,18). The number of amides is 2. The number of carbonyl (C=O) groups is 3. The lowest BCUT2D eigenvalue weighted by Crippen LogP contribution is -2.33. The Hall–Kier alpha value is -2.57. The minimum Gasteiger partial charge on any atom is -0.497 e. The minimum absolute atomic E-state index is 0.243. The molecule has 0 saturated carbocycles. The number of esters is 1. The summed E-state index contributed by atoms with van der Waals surface area (Å²) in [6.07, 6.45) is -0.370. The second-order valence-electron chi connectivity index (χ2n) is 4.04. The van der Waals surface area contributed by atoms with E-state index in [1.54, 1.807) is 38.3 Å². The van der Waals surface area contributed by atoms with Crippen LogP contribution in [0.5, 0.6) is 5.75 Å². The Morgan fingerprint density at radius 1 is 1.10 bits per heavy atom. The van der Waals surface area contributed by atoms with Crippen molar-refractivity contribution < 1.29 is 23.9 Å². The van der Waals surface area contributed by atoms with Gasteiger partial charge in [-0.15, -0.1) is 0 Å². The average molecular weight is 294 g/mol. The molecule has 7 heteroatoms. The Labute approximate surface area is 122 Å². The quantitative estimate of drug-likeness (QED) is 0.570. The molecule has 0 fully saturated rings. The molecular formula is C14H18N2O5. The van der Waals surface area contributed by atoms with Gasteiger partial charge in [0, 0.05) is 5.69 Å². The molecule has 21 heavy (non-hydrogen) atoms. The van der Waals surface area contributed by atoms with E-state index >= 15 is 0 Å². The van der Waals surface area contributed by atoms with Crippen LogP contribution in [0.3, 0.4) is 0 Å². The molecule has 0 heterocycles. The average Bonchev–Trinajstić information content (AvgIpc) is 2.46.